The lowest BCUT2D eigenvalue weighted by molar-refractivity contribution is -0.167. The van der Waals surface area contributed by atoms with Gasteiger partial charge in [-0.05, 0) is 109 Å². The van der Waals surface area contributed by atoms with Crippen LogP contribution in [0.2, 0.25) is 0 Å². The number of carbonyl (C=O) groups excluding carboxylic acids is 3. The van der Waals surface area contributed by atoms with E-state index < -0.39 is 6.10 Å². The van der Waals surface area contributed by atoms with E-state index in [-0.39, 0.29) is 31.1 Å². The quantitative estimate of drug-likeness (QED) is 0.0199. The van der Waals surface area contributed by atoms with Crippen LogP contribution in [0.25, 0.3) is 0 Å². The van der Waals surface area contributed by atoms with E-state index in [1.807, 2.05) is 0 Å². The van der Waals surface area contributed by atoms with E-state index in [0.29, 0.717) is 19.3 Å². The van der Waals surface area contributed by atoms with Gasteiger partial charge >= 0.3 is 17.9 Å². The molecule has 6 heteroatoms. The summed E-state index contributed by atoms with van der Waals surface area (Å²) in [4.78, 5) is 38.2. The highest BCUT2D eigenvalue weighted by Gasteiger charge is 2.19. The van der Waals surface area contributed by atoms with Crippen molar-refractivity contribution in [2.24, 2.45) is 0 Å². The molecular formula is C64H110O6. The van der Waals surface area contributed by atoms with Gasteiger partial charge in [-0.2, -0.15) is 0 Å². The zero-order valence-electron chi connectivity index (χ0n) is 46.0. The van der Waals surface area contributed by atoms with Crippen molar-refractivity contribution in [1.82, 2.24) is 0 Å². The summed E-state index contributed by atoms with van der Waals surface area (Å²) >= 11 is 0. The molecule has 0 radical (unpaired) electrons. The maximum absolute atomic E-state index is 12.9. The topological polar surface area (TPSA) is 78.9 Å². The lowest BCUT2D eigenvalue weighted by atomic mass is 10.1. The number of rotatable bonds is 53. The molecule has 0 N–H and O–H groups in total. The number of hydrogen-bond donors (Lipinski definition) is 0. The monoisotopic (exact) mass is 975 g/mol. The third-order valence-electron chi connectivity index (χ3n) is 12.6. The third-order valence-corrected chi connectivity index (χ3v) is 12.6. The van der Waals surface area contributed by atoms with Crippen molar-refractivity contribution < 1.29 is 28.6 Å². The second-order valence-electron chi connectivity index (χ2n) is 19.5. The van der Waals surface area contributed by atoms with E-state index in [9.17, 15) is 14.4 Å². The summed E-state index contributed by atoms with van der Waals surface area (Å²) in [7, 11) is 0. The molecule has 0 spiro atoms. The zero-order chi connectivity index (χ0) is 50.7. The number of carbonyl (C=O) groups is 3. The van der Waals surface area contributed by atoms with Crippen molar-refractivity contribution in [2.45, 2.75) is 290 Å². The first kappa shape index (κ1) is 66.6. The number of esters is 3. The maximum atomic E-state index is 12.9. The van der Waals surface area contributed by atoms with Gasteiger partial charge in [-0.15, -0.1) is 0 Å². The van der Waals surface area contributed by atoms with Crippen LogP contribution in [0.1, 0.15) is 284 Å². The van der Waals surface area contributed by atoms with Gasteiger partial charge in [-0.1, -0.05) is 241 Å². The molecule has 0 amide bonds. The summed E-state index contributed by atoms with van der Waals surface area (Å²) in [6.45, 7) is 6.49. The van der Waals surface area contributed by atoms with Gasteiger partial charge in [0, 0.05) is 19.3 Å². The van der Waals surface area contributed by atoms with Crippen LogP contribution in [0.15, 0.2) is 85.1 Å². The molecule has 0 aliphatic carbocycles. The molecule has 0 aliphatic heterocycles. The molecule has 0 rings (SSSR count). The summed E-state index contributed by atoms with van der Waals surface area (Å²) in [6, 6.07) is 0. The highest BCUT2D eigenvalue weighted by molar-refractivity contribution is 5.71. The normalized spacial score (nSPS) is 12.7. The second-order valence-corrected chi connectivity index (χ2v) is 19.5. The van der Waals surface area contributed by atoms with Gasteiger partial charge in [0.05, 0.1) is 0 Å². The molecule has 0 aromatic carbocycles. The van der Waals surface area contributed by atoms with Crippen molar-refractivity contribution in [3.8, 4) is 0 Å². The first-order valence-electron chi connectivity index (χ1n) is 29.6. The van der Waals surface area contributed by atoms with Gasteiger partial charge in [0.1, 0.15) is 13.2 Å². The molecule has 0 heterocycles. The van der Waals surface area contributed by atoms with E-state index in [2.05, 4.69) is 106 Å². The van der Waals surface area contributed by atoms with E-state index in [1.165, 1.54) is 141 Å². The van der Waals surface area contributed by atoms with Crippen LogP contribution in [-0.4, -0.2) is 37.2 Å². The summed E-state index contributed by atoms with van der Waals surface area (Å²) in [5.74, 6) is -0.914. The molecule has 6 nitrogen and oxygen atoms in total. The van der Waals surface area contributed by atoms with Crippen molar-refractivity contribution in [3.05, 3.63) is 85.1 Å². The summed E-state index contributed by atoms with van der Waals surface area (Å²) in [6.07, 6.45) is 75.7. The Bertz CT molecular complexity index is 1350. The lowest BCUT2D eigenvalue weighted by Crippen LogP contribution is -2.30. The maximum Gasteiger partial charge on any atom is 0.306 e. The smallest absolute Gasteiger partial charge is 0.306 e. The summed E-state index contributed by atoms with van der Waals surface area (Å²) in [5, 5.41) is 0. The van der Waals surface area contributed by atoms with E-state index in [0.717, 1.165) is 103 Å². The Hall–Kier alpha value is -3.41. The van der Waals surface area contributed by atoms with Crippen molar-refractivity contribution in [2.75, 3.05) is 13.2 Å². The molecule has 0 aliphatic rings. The van der Waals surface area contributed by atoms with Crippen molar-refractivity contribution in [3.63, 3.8) is 0 Å². The number of unbranched alkanes of at least 4 members (excludes halogenated alkanes) is 29. The average Bonchev–Trinajstić information content (AvgIpc) is 3.36. The predicted molar refractivity (Wildman–Crippen MR) is 302 cm³/mol. The van der Waals surface area contributed by atoms with Gasteiger partial charge in [0.25, 0.3) is 0 Å². The van der Waals surface area contributed by atoms with Crippen LogP contribution in [0.5, 0.6) is 0 Å². The number of allylic oxidation sites excluding steroid dienone is 14. The summed E-state index contributed by atoms with van der Waals surface area (Å²) in [5.41, 5.74) is 0. The minimum Gasteiger partial charge on any atom is -0.462 e. The highest BCUT2D eigenvalue weighted by Crippen LogP contribution is 2.15. The lowest BCUT2D eigenvalue weighted by Gasteiger charge is -2.18. The third kappa shape index (κ3) is 55.5. The van der Waals surface area contributed by atoms with Crippen molar-refractivity contribution in [1.29, 1.82) is 0 Å². The molecular weight excluding hydrogens is 865 g/mol. The summed E-state index contributed by atoms with van der Waals surface area (Å²) < 4.78 is 16.9. The van der Waals surface area contributed by atoms with Crippen LogP contribution in [0.3, 0.4) is 0 Å². The van der Waals surface area contributed by atoms with Crippen LogP contribution in [0, 0.1) is 0 Å². The van der Waals surface area contributed by atoms with Gasteiger partial charge in [0.15, 0.2) is 6.10 Å². The van der Waals surface area contributed by atoms with Gasteiger partial charge < -0.3 is 14.2 Å². The molecule has 0 saturated heterocycles. The SMILES string of the molecule is CC/C=C\C/C=C\C/C=C\C/C=C\CCCCCCCCC(=O)OCC(COC(=O)CCCCC/C=C\CCCCCCCCC)OC(=O)CCCCCCCCCCCC/C=C\C=C/CCCCC. The minimum atomic E-state index is -0.791. The fourth-order valence-electron chi connectivity index (χ4n) is 8.18. The van der Waals surface area contributed by atoms with E-state index >= 15 is 0 Å². The second kappa shape index (κ2) is 58.2. The minimum absolute atomic E-state index is 0.0897. The molecule has 1 atom stereocenters. The molecule has 402 valence electrons. The molecule has 0 aromatic heterocycles. The Labute approximate surface area is 433 Å². The molecule has 70 heavy (non-hydrogen) atoms. The molecule has 0 saturated carbocycles. The molecule has 0 aromatic rings. The molecule has 0 fully saturated rings. The predicted octanol–water partition coefficient (Wildman–Crippen LogP) is 19.9. The van der Waals surface area contributed by atoms with Crippen LogP contribution < -0.4 is 0 Å². The first-order valence-corrected chi connectivity index (χ1v) is 29.6. The fraction of sp³-hybridized carbons (Fsp3) is 0.734. The van der Waals surface area contributed by atoms with Gasteiger partial charge in [0.2, 0.25) is 0 Å². The standard InChI is InChI=1S/C64H110O6/c1-4-7-10-13-16-19-22-25-28-30-32-34-36-39-42-45-48-51-54-57-63(66)69-60-61(59-68-62(65)56-53-50-47-44-41-38-27-24-21-18-15-12-9-6-3)70-64(67)58-55-52-49-46-43-40-37-35-33-31-29-26-23-20-17-14-11-8-5-2/h7,10,16-17,19-20,23,25-26,28,32,34,38,41,61H,4-6,8-9,11-15,18,21-22,24,27,29-31,33,35-37,39-40,42-60H2,1-3H3/b10-7-,19-16-,20-17-,26-23-,28-25-,34-32-,41-38-. The van der Waals surface area contributed by atoms with Gasteiger partial charge in [-0.3, -0.25) is 14.4 Å². The van der Waals surface area contributed by atoms with E-state index in [1.54, 1.807) is 0 Å². The Balaban J connectivity index is 4.42. The van der Waals surface area contributed by atoms with Crippen LogP contribution in [0.4, 0.5) is 0 Å². The number of ether oxygens (including phenoxy) is 3. The largest absolute Gasteiger partial charge is 0.462 e. The molecule has 0 bridgehead atoms. The van der Waals surface area contributed by atoms with Crippen LogP contribution >= 0.6 is 0 Å². The Kier molecular flexibility index (Phi) is 55.3. The Morgan fingerprint density at radius 3 is 1.01 bits per heavy atom. The molecule has 1 unspecified atom stereocenters. The average molecular weight is 976 g/mol. The fourth-order valence-corrected chi connectivity index (χ4v) is 8.18. The first-order chi connectivity index (χ1) is 34.5. The van der Waals surface area contributed by atoms with Crippen molar-refractivity contribution >= 4 is 17.9 Å². The van der Waals surface area contributed by atoms with Crippen LogP contribution in [-0.2, 0) is 28.6 Å². The Morgan fingerprint density at radius 2 is 0.600 bits per heavy atom. The van der Waals surface area contributed by atoms with Gasteiger partial charge in [-0.25, -0.2) is 0 Å². The van der Waals surface area contributed by atoms with E-state index in [4.69, 9.17) is 14.2 Å². The zero-order valence-corrected chi connectivity index (χ0v) is 46.0. The highest BCUT2D eigenvalue weighted by atomic mass is 16.6. The Morgan fingerprint density at radius 1 is 0.314 bits per heavy atom. The number of hydrogen-bond acceptors (Lipinski definition) is 6.